The fourth-order valence-corrected chi connectivity index (χ4v) is 2.09. The number of para-hydroxylation sites is 1. The summed E-state index contributed by atoms with van der Waals surface area (Å²) in [6, 6.07) is 10.9. The molecule has 1 aliphatic heterocycles. The Labute approximate surface area is 128 Å². The number of nitriles is 1. The summed E-state index contributed by atoms with van der Waals surface area (Å²) >= 11 is 0. The van der Waals surface area contributed by atoms with Gasteiger partial charge in [0, 0.05) is 14.1 Å². The van der Waals surface area contributed by atoms with Gasteiger partial charge in [-0.05, 0) is 25.1 Å². The molecule has 0 aliphatic carbocycles. The second-order valence-electron chi connectivity index (χ2n) is 5.10. The summed E-state index contributed by atoms with van der Waals surface area (Å²) in [7, 11) is 3.11. The fourth-order valence-electron chi connectivity index (χ4n) is 2.09. The number of nitrogens with zero attached hydrogens (tertiary/aromatic N) is 4. The molecule has 1 atom stereocenters. The van der Waals surface area contributed by atoms with Crippen molar-refractivity contribution in [3.63, 3.8) is 0 Å². The van der Waals surface area contributed by atoms with Crippen LogP contribution in [0.5, 0.6) is 0 Å². The number of anilines is 1. The minimum Gasteiger partial charge on any atom is -0.344 e. The highest BCUT2D eigenvalue weighted by Crippen LogP contribution is 2.25. The molecule has 6 heteroatoms. The highest BCUT2D eigenvalue weighted by atomic mass is 16.2. The molecule has 0 aromatic heterocycles. The van der Waals surface area contributed by atoms with Crippen molar-refractivity contribution < 1.29 is 9.59 Å². The van der Waals surface area contributed by atoms with Gasteiger partial charge < -0.3 is 4.90 Å². The average Bonchev–Trinajstić information content (AvgIpc) is 2.80. The molecule has 0 bridgehead atoms. The number of carbonyl (C=O) groups is 2. The van der Waals surface area contributed by atoms with Crippen LogP contribution in [-0.2, 0) is 9.59 Å². The lowest BCUT2D eigenvalue weighted by Gasteiger charge is -2.13. The third-order valence-electron chi connectivity index (χ3n) is 3.27. The lowest BCUT2D eigenvalue weighted by molar-refractivity contribution is -0.124. The van der Waals surface area contributed by atoms with Crippen LogP contribution in [0.25, 0.3) is 0 Å². The van der Waals surface area contributed by atoms with E-state index >= 15 is 0 Å². The fraction of sp³-hybridized carbons (Fsp3) is 0.250. The molecule has 2 amide bonds. The van der Waals surface area contributed by atoms with Gasteiger partial charge in [-0.1, -0.05) is 18.2 Å². The summed E-state index contributed by atoms with van der Waals surface area (Å²) in [6.07, 6.45) is 1.38. The van der Waals surface area contributed by atoms with E-state index in [1.54, 1.807) is 33.2 Å². The first-order valence-corrected chi connectivity index (χ1v) is 6.73. The maximum absolute atomic E-state index is 12.5. The van der Waals surface area contributed by atoms with Gasteiger partial charge in [0.2, 0.25) is 0 Å². The van der Waals surface area contributed by atoms with Gasteiger partial charge in [-0.25, -0.2) is 0 Å². The zero-order chi connectivity index (χ0) is 16.3. The largest absolute Gasteiger partial charge is 0.344 e. The SMILES string of the molecule is CC1=NN(c2ccccc2)C(=O)[C@@H]1/C=C(/C#N)C(=O)N(C)C. The van der Waals surface area contributed by atoms with Crippen LogP contribution in [0.1, 0.15) is 6.92 Å². The van der Waals surface area contributed by atoms with Crippen molar-refractivity contribution in [1.82, 2.24) is 4.90 Å². The number of amides is 2. The third kappa shape index (κ3) is 2.88. The molecule has 1 aromatic rings. The molecule has 112 valence electrons. The van der Waals surface area contributed by atoms with Gasteiger partial charge in [-0.2, -0.15) is 15.4 Å². The Kier molecular flexibility index (Phi) is 4.37. The Morgan fingerprint density at radius 3 is 2.55 bits per heavy atom. The molecule has 2 rings (SSSR count). The van der Waals surface area contributed by atoms with E-state index in [2.05, 4.69) is 5.10 Å². The van der Waals surface area contributed by atoms with Crippen molar-refractivity contribution in [3.8, 4) is 6.07 Å². The van der Waals surface area contributed by atoms with Crippen molar-refractivity contribution in [1.29, 1.82) is 5.26 Å². The van der Waals surface area contributed by atoms with Gasteiger partial charge in [0.25, 0.3) is 11.8 Å². The van der Waals surface area contributed by atoms with Crippen LogP contribution in [0.15, 0.2) is 47.1 Å². The topological polar surface area (TPSA) is 76.8 Å². The molecule has 0 saturated carbocycles. The van der Waals surface area contributed by atoms with Crippen molar-refractivity contribution in [2.24, 2.45) is 11.0 Å². The predicted molar refractivity (Wildman–Crippen MR) is 82.9 cm³/mol. The highest BCUT2D eigenvalue weighted by molar-refractivity contribution is 6.17. The quantitative estimate of drug-likeness (QED) is 0.627. The van der Waals surface area contributed by atoms with E-state index < -0.39 is 11.8 Å². The van der Waals surface area contributed by atoms with E-state index in [0.717, 1.165) is 0 Å². The van der Waals surface area contributed by atoms with Crippen LogP contribution in [-0.4, -0.2) is 36.5 Å². The molecule has 6 nitrogen and oxygen atoms in total. The van der Waals surface area contributed by atoms with E-state index in [1.165, 1.54) is 16.0 Å². The molecular formula is C16H16N4O2. The summed E-state index contributed by atoms with van der Waals surface area (Å²) in [4.78, 5) is 25.7. The zero-order valence-corrected chi connectivity index (χ0v) is 12.6. The van der Waals surface area contributed by atoms with Crippen molar-refractivity contribution >= 4 is 23.2 Å². The standard InChI is InChI=1S/C16H16N4O2/c1-11-14(9-12(10-17)15(21)19(2)3)16(22)20(18-11)13-7-5-4-6-8-13/h4-9,14H,1-3H3/b12-9-/t14-/m1/s1. The first-order valence-electron chi connectivity index (χ1n) is 6.73. The Morgan fingerprint density at radius 1 is 1.36 bits per heavy atom. The lowest BCUT2D eigenvalue weighted by Crippen LogP contribution is -2.28. The molecule has 0 spiro atoms. The van der Waals surface area contributed by atoms with Crippen LogP contribution in [0.3, 0.4) is 0 Å². The van der Waals surface area contributed by atoms with E-state index in [9.17, 15) is 9.59 Å². The third-order valence-corrected chi connectivity index (χ3v) is 3.27. The molecule has 1 aromatic carbocycles. The molecule has 0 N–H and O–H groups in total. The van der Waals surface area contributed by atoms with Crippen LogP contribution >= 0.6 is 0 Å². The first kappa shape index (κ1) is 15.4. The van der Waals surface area contributed by atoms with Crippen LogP contribution in [0.4, 0.5) is 5.69 Å². The normalized spacial score (nSPS) is 18.0. The summed E-state index contributed by atoms with van der Waals surface area (Å²) in [5.74, 6) is -1.40. The molecule has 0 saturated heterocycles. The molecule has 0 radical (unpaired) electrons. The van der Waals surface area contributed by atoms with Crippen molar-refractivity contribution in [3.05, 3.63) is 42.0 Å². The number of hydrazone groups is 1. The maximum Gasteiger partial charge on any atom is 0.263 e. The number of carbonyl (C=O) groups excluding carboxylic acids is 2. The van der Waals surface area contributed by atoms with Gasteiger partial charge in [-0.15, -0.1) is 0 Å². The maximum atomic E-state index is 12.5. The highest BCUT2D eigenvalue weighted by Gasteiger charge is 2.33. The number of hydrogen-bond donors (Lipinski definition) is 0. The summed E-state index contributed by atoms with van der Waals surface area (Å²) < 4.78 is 0. The molecule has 1 heterocycles. The number of rotatable bonds is 3. The Hall–Kier alpha value is -2.94. The predicted octanol–water partition coefficient (Wildman–Crippen LogP) is 1.56. The van der Waals surface area contributed by atoms with Crippen LogP contribution < -0.4 is 5.01 Å². The molecule has 0 fully saturated rings. The Morgan fingerprint density at radius 2 is 2.00 bits per heavy atom. The summed E-state index contributed by atoms with van der Waals surface area (Å²) in [6.45, 7) is 1.71. The van der Waals surface area contributed by atoms with Crippen LogP contribution in [0.2, 0.25) is 0 Å². The number of hydrogen-bond acceptors (Lipinski definition) is 4. The minimum atomic E-state index is -0.696. The van der Waals surface area contributed by atoms with Gasteiger partial charge in [0.15, 0.2) is 0 Å². The molecule has 1 aliphatic rings. The summed E-state index contributed by atoms with van der Waals surface area (Å²) in [5.41, 5.74) is 1.14. The van der Waals surface area contributed by atoms with E-state index in [-0.39, 0.29) is 11.5 Å². The summed E-state index contributed by atoms with van der Waals surface area (Å²) in [5, 5.41) is 14.7. The Balaban J connectivity index is 2.32. The smallest absolute Gasteiger partial charge is 0.263 e. The van der Waals surface area contributed by atoms with Gasteiger partial charge in [0.05, 0.1) is 17.3 Å². The Bertz CT molecular complexity index is 699. The molecular weight excluding hydrogens is 280 g/mol. The second-order valence-corrected chi connectivity index (χ2v) is 5.10. The van der Waals surface area contributed by atoms with Gasteiger partial charge in [0.1, 0.15) is 11.6 Å². The van der Waals surface area contributed by atoms with E-state index in [4.69, 9.17) is 5.26 Å². The van der Waals surface area contributed by atoms with E-state index in [1.807, 2.05) is 24.3 Å². The average molecular weight is 296 g/mol. The first-order chi connectivity index (χ1) is 10.5. The van der Waals surface area contributed by atoms with Gasteiger partial charge in [-0.3, -0.25) is 9.59 Å². The second kappa shape index (κ2) is 6.22. The molecule has 22 heavy (non-hydrogen) atoms. The number of benzene rings is 1. The molecule has 0 unspecified atom stereocenters. The van der Waals surface area contributed by atoms with E-state index in [0.29, 0.717) is 11.4 Å². The van der Waals surface area contributed by atoms with Crippen molar-refractivity contribution in [2.45, 2.75) is 6.92 Å². The van der Waals surface area contributed by atoms with Crippen LogP contribution in [0, 0.1) is 17.2 Å². The van der Waals surface area contributed by atoms with Crippen molar-refractivity contribution in [2.75, 3.05) is 19.1 Å². The monoisotopic (exact) mass is 296 g/mol. The zero-order valence-electron chi connectivity index (χ0n) is 12.6. The number of likely N-dealkylation sites (N-methyl/N-ethyl adjacent to an activating group) is 1. The lowest BCUT2D eigenvalue weighted by atomic mass is 10.0. The van der Waals surface area contributed by atoms with Gasteiger partial charge >= 0.3 is 0 Å². The minimum absolute atomic E-state index is 0.0622.